The summed E-state index contributed by atoms with van der Waals surface area (Å²) in [5, 5.41) is 7.26. The molecular weight excluding hydrogens is 340 g/mol. The Morgan fingerprint density at radius 3 is 2.91 bits per heavy atom. The van der Waals surface area contributed by atoms with Crippen LogP contribution in [0.3, 0.4) is 0 Å². The molecule has 1 aromatic heterocycles. The summed E-state index contributed by atoms with van der Waals surface area (Å²) >= 11 is 12.7. The summed E-state index contributed by atoms with van der Waals surface area (Å²) in [6.07, 6.45) is 2.06. The van der Waals surface area contributed by atoms with Gasteiger partial charge in [0, 0.05) is 16.6 Å². The number of methoxy groups -OCH3 is 1. The summed E-state index contributed by atoms with van der Waals surface area (Å²) in [4.78, 5) is 12.7. The van der Waals surface area contributed by atoms with Gasteiger partial charge in [-0.15, -0.1) is 11.3 Å². The van der Waals surface area contributed by atoms with E-state index in [1.54, 1.807) is 7.11 Å². The Morgan fingerprint density at radius 2 is 2.23 bits per heavy atom. The Kier molecular flexibility index (Phi) is 5.99. The van der Waals surface area contributed by atoms with Gasteiger partial charge in [-0.2, -0.15) is 0 Å². The SMILES string of the molecule is CCCCNC(=S)NC(=O)c1sc2cc(OC)ccc2c1Cl. The lowest BCUT2D eigenvalue weighted by atomic mass is 10.2. The zero-order valence-electron chi connectivity index (χ0n) is 12.4. The molecule has 0 fully saturated rings. The van der Waals surface area contributed by atoms with Crippen LogP contribution in [0.25, 0.3) is 10.1 Å². The van der Waals surface area contributed by atoms with E-state index in [2.05, 4.69) is 17.6 Å². The predicted octanol–water partition coefficient (Wildman–Crippen LogP) is 3.97. The van der Waals surface area contributed by atoms with Gasteiger partial charge in [-0.05, 0) is 36.8 Å². The first-order valence-corrected chi connectivity index (χ1v) is 8.52. The zero-order valence-corrected chi connectivity index (χ0v) is 14.8. The maximum absolute atomic E-state index is 12.3. The first kappa shape index (κ1) is 17.0. The first-order valence-electron chi connectivity index (χ1n) is 6.92. The Hall–Kier alpha value is -1.37. The molecule has 0 spiro atoms. The van der Waals surface area contributed by atoms with Crippen LogP contribution in [0.5, 0.6) is 5.75 Å². The third-order valence-corrected chi connectivity index (χ3v) is 4.99. The smallest absolute Gasteiger partial charge is 0.269 e. The molecular formula is C15H17ClN2O2S2. The number of benzene rings is 1. The highest BCUT2D eigenvalue weighted by molar-refractivity contribution is 7.80. The van der Waals surface area contributed by atoms with Gasteiger partial charge in [0.1, 0.15) is 10.6 Å². The van der Waals surface area contributed by atoms with Crippen molar-refractivity contribution in [3.63, 3.8) is 0 Å². The minimum absolute atomic E-state index is 0.292. The van der Waals surface area contributed by atoms with Crippen LogP contribution in [0.15, 0.2) is 18.2 Å². The number of halogens is 1. The van der Waals surface area contributed by atoms with Crippen LogP contribution in [0.1, 0.15) is 29.4 Å². The van der Waals surface area contributed by atoms with E-state index in [0.29, 0.717) is 15.0 Å². The van der Waals surface area contributed by atoms with Gasteiger partial charge < -0.3 is 10.1 Å². The van der Waals surface area contributed by atoms with E-state index in [1.807, 2.05) is 18.2 Å². The molecule has 0 atom stereocenters. The van der Waals surface area contributed by atoms with Crippen molar-refractivity contribution in [2.45, 2.75) is 19.8 Å². The fraction of sp³-hybridized carbons (Fsp3) is 0.333. The number of amides is 1. The van der Waals surface area contributed by atoms with Crippen molar-refractivity contribution in [2.75, 3.05) is 13.7 Å². The van der Waals surface area contributed by atoms with E-state index >= 15 is 0 Å². The molecule has 7 heteroatoms. The van der Waals surface area contributed by atoms with Crippen molar-refractivity contribution in [1.29, 1.82) is 0 Å². The third kappa shape index (κ3) is 3.88. The minimum Gasteiger partial charge on any atom is -0.497 e. The van der Waals surface area contributed by atoms with Gasteiger partial charge in [0.25, 0.3) is 5.91 Å². The normalized spacial score (nSPS) is 10.5. The van der Waals surface area contributed by atoms with Crippen molar-refractivity contribution in [1.82, 2.24) is 10.6 Å². The van der Waals surface area contributed by atoms with E-state index in [-0.39, 0.29) is 5.91 Å². The van der Waals surface area contributed by atoms with Gasteiger partial charge in [0.2, 0.25) is 0 Å². The molecule has 0 saturated heterocycles. The van der Waals surface area contributed by atoms with E-state index in [9.17, 15) is 4.79 Å². The molecule has 1 aromatic carbocycles. The number of hydrogen-bond donors (Lipinski definition) is 2. The number of fused-ring (bicyclic) bond motifs is 1. The second-order valence-corrected chi connectivity index (χ2v) is 6.51. The maximum atomic E-state index is 12.3. The Labute approximate surface area is 143 Å². The number of ether oxygens (including phenoxy) is 1. The highest BCUT2D eigenvalue weighted by Gasteiger charge is 2.18. The van der Waals surface area contributed by atoms with Crippen LogP contribution < -0.4 is 15.4 Å². The van der Waals surface area contributed by atoms with Crippen LogP contribution >= 0.6 is 35.2 Å². The quantitative estimate of drug-likeness (QED) is 0.628. The van der Waals surface area contributed by atoms with Crippen LogP contribution in [0.2, 0.25) is 5.02 Å². The van der Waals surface area contributed by atoms with Crippen LogP contribution in [-0.4, -0.2) is 24.7 Å². The lowest BCUT2D eigenvalue weighted by Crippen LogP contribution is -2.39. The monoisotopic (exact) mass is 356 g/mol. The predicted molar refractivity (Wildman–Crippen MR) is 96.4 cm³/mol. The van der Waals surface area contributed by atoms with Crippen molar-refractivity contribution >= 4 is 56.3 Å². The van der Waals surface area contributed by atoms with E-state index in [4.69, 9.17) is 28.6 Å². The second kappa shape index (κ2) is 7.76. The summed E-state index contributed by atoms with van der Waals surface area (Å²) in [6.45, 7) is 2.83. The zero-order chi connectivity index (χ0) is 16.1. The number of thiocarbonyl (C=S) groups is 1. The summed E-state index contributed by atoms with van der Waals surface area (Å²) < 4.78 is 6.09. The van der Waals surface area contributed by atoms with Gasteiger partial charge in [0.15, 0.2) is 5.11 Å². The maximum Gasteiger partial charge on any atom is 0.269 e. The van der Waals surface area contributed by atoms with Crippen LogP contribution in [-0.2, 0) is 0 Å². The molecule has 0 unspecified atom stereocenters. The van der Waals surface area contributed by atoms with Crippen molar-refractivity contribution < 1.29 is 9.53 Å². The number of nitrogens with one attached hydrogen (secondary N) is 2. The summed E-state index contributed by atoms with van der Waals surface area (Å²) in [5.74, 6) is 0.438. The Bertz CT molecular complexity index is 700. The van der Waals surface area contributed by atoms with Gasteiger partial charge in [0.05, 0.1) is 12.1 Å². The molecule has 2 aromatic rings. The number of carbonyl (C=O) groups is 1. The molecule has 1 heterocycles. The number of rotatable bonds is 5. The van der Waals surface area contributed by atoms with E-state index < -0.39 is 0 Å². The molecule has 118 valence electrons. The fourth-order valence-corrected chi connectivity index (χ4v) is 3.54. The molecule has 0 aliphatic rings. The fourth-order valence-electron chi connectivity index (χ4n) is 1.90. The number of hydrogen-bond acceptors (Lipinski definition) is 4. The van der Waals surface area contributed by atoms with Gasteiger partial charge in [-0.3, -0.25) is 10.1 Å². The molecule has 0 bridgehead atoms. The largest absolute Gasteiger partial charge is 0.497 e. The third-order valence-electron chi connectivity index (χ3n) is 3.09. The molecule has 0 radical (unpaired) electrons. The minimum atomic E-state index is -0.292. The molecule has 2 rings (SSSR count). The van der Waals surface area contributed by atoms with E-state index in [0.717, 1.165) is 35.2 Å². The van der Waals surface area contributed by atoms with Crippen molar-refractivity contribution in [3.05, 3.63) is 28.1 Å². The highest BCUT2D eigenvalue weighted by Crippen LogP contribution is 2.37. The second-order valence-electron chi connectivity index (χ2n) is 4.67. The topological polar surface area (TPSA) is 50.4 Å². The molecule has 0 aliphatic carbocycles. The highest BCUT2D eigenvalue weighted by atomic mass is 35.5. The molecule has 4 nitrogen and oxygen atoms in total. The first-order chi connectivity index (χ1) is 10.6. The number of thiophene rings is 1. The lowest BCUT2D eigenvalue weighted by molar-refractivity contribution is 0.0981. The molecule has 0 aliphatic heterocycles. The summed E-state index contributed by atoms with van der Waals surface area (Å²) in [7, 11) is 1.60. The Morgan fingerprint density at radius 1 is 1.45 bits per heavy atom. The van der Waals surface area contributed by atoms with Gasteiger partial charge in [-0.1, -0.05) is 24.9 Å². The number of carbonyl (C=O) groups excluding carboxylic acids is 1. The van der Waals surface area contributed by atoms with Gasteiger partial charge >= 0.3 is 0 Å². The van der Waals surface area contributed by atoms with Gasteiger partial charge in [-0.25, -0.2) is 0 Å². The molecule has 2 N–H and O–H groups in total. The summed E-state index contributed by atoms with van der Waals surface area (Å²) in [6, 6.07) is 5.53. The summed E-state index contributed by atoms with van der Waals surface area (Å²) in [5.41, 5.74) is 0. The average molecular weight is 357 g/mol. The lowest BCUT2D eigenvalue weighted by Gasteiger charge is -2.08. The van der Waals surface area contributed by atoms with Crippen LogP contribution in [0, 0.1) is 0 Å². The molecule has 1 amide bonds. The molecule has 0 saturated carbocycles. The average Bonchev–Trinajstić information content (AvgIpc) is 2.84. The van der Waals surface area contributed by atoms with Crippen molar-refractivity contribution in [2.24, 2.45) is 0 Å². The van der Waals surface area contributed by atoms with E-state index in [1.165, 1.54) is 11.3 Å². The standard InChI is InChI=1S/C15H17ClN2O2S2/c1-3-4-7-17-15(21)18-14(19)13-12(16)10-6-5-9(20-2)8-11(10)22-13/h5-6,8H,3-4,7H2,1-2H3,(H2,17,18,19,21). The Balaban J connectivity index is 2.14. The number of unbranched alkanes of at least 4 members (excludes halogenated alkanes) is 1. The van der Waals surface area contributed by atoms with Crippen LogP contribution in [0.4, 0.5) is 0 Å². The van der Waals surface area contributed by atoms with Crippen molar-refractivity contribution in [3.8, 4) is 5.75 Å². The molecule has 22 heavy (non-hydrogen) atoms.